The number of carbonyl (C=O) groups is 2. The fourth-order valence-corrected chi connectivity index (χ4v) is 3.49. The number of thiophene rings is 1. The van der Waals surface area contributed by atoms with Gasteiger partial charge in [-0.1, -0.05) is 6.92 Å². The quantitative estimate of drug-likeness (QED) is 0.599. The highest BCUT2D eigenvalue weighted by molar-refractivity contribution is 7.89. The minimum absolute atomic E-state index is 0.0447. The van der Waals surface area contributed by atoms with Crippen molar-refractivity contribution in [3.8, 4) is 0 Å². The zero-order chi connectivity index (χ0) is 17.7. The zero-order valence-corrected chi connectivity index (χ0v) is 14.9. The number of hydrogen-bond donors (Lipinski definition) is 1. The van der Waals surface area contributed by atoms with Crippen LogP contribution in [0, 0.1) is 0 Å². The minimum atomic E-state index is -3.56. The molecule has 8 heteroatoms. The van der Waals surface area contributed by atoms with Crippen molar-refractivity contribution in [2.75, 3.05) is 13.7 Å². The molecule has 0 saturated carbocycles. The maximum absolute atomic E-state index is 12.0. The van der Waals surface area contributed by atoms with Crippen LogP contribution in [-0.4, -0.2) is 33.8 Å². The molecule has 0 spiro atoms. The summed E-state index contributed by atoms with van der Waals surface area (Å²) in [6.45, 7) is 1.65. The molecule has 128 valence electrons. The molecule has 1 aromatic carbocycles. The molecular weight excluding hydrogens is 350 g/mol. The largest absolute Gasteiger partial charge is 0.454 e. The number of rotatable bonds is 7. The highest BCUT2D eigenvalue weighted by Crippen LogP contribution is 2.18. The Balaban J connectivity index is 1.98. The molecular formula is C16H17NO5S2. The van der Waals surface area contributed by atoms with Crippen molar-refractivity contribution in [2.24, 2.45) is 0 Å². The molecule has 1 heterocycles. The molecule has 0 saturated heterocycles. The molecule has 1 aromatic heterocycles. The number of Topliss-reactive ketones (excluding diaryl/α,β-unsaturated/α-hetero) is 1. The summed E-state index contributed by atoms with van der Waals surface area (Å²) in [5, 5.41) is 0. The van der Waals surface area contributed by atoms with Gasteiger partial charge in [-0.2, -0.15) is 0 Å². The van der Waals surface area contributed by atoms with Crippen molar-refractivity contribution < 1.29 is 22.7 Å². The van der Waals surface area contributed by atoms with E-state index in [1.807, 2.05) is 13.0 Å². The molecule has 0 aliphatic heterocycles. The van der Waals surface area contributed by atoms with Crippen LogP contribution in [0.3, 0.4) is 0 Å². The SMILES string of the molecule is CCc1ccc(C(=O)COC(=O)c2ccc(S(=O)(=O)NC)cc2)s1. The van der Waals surface area contributed by atoms with Gasteiger partial charge >= 0.3 is 5.97 Å². The number of benzene rings is 1. The van der Waals surface area contributed by atoms with Crippen molar-refractivity contribution >= 4 is 33.1 Å². The number of sulfonamides is 1. The van der Waals surface area contributed by atoms with Crippen LogP contribution < -0.4 is 4.72 Å². The van der Waals surface area contributed by atoms with Crippen molar-refractivity contribution in [2.45, 2.75) is 18.2 Å². The highest BCUT2D eigenvalue weighted by atomic mass is 32.2. The van der Waals surface area contributed by atoms with E-state index in [2.05, 4.69) is 4.72 Å². The van der Waals surface area contributed by atoms with Gasteiger partial charge in [-0.25, -0.2) is 17.9 Å². The number of aryl methyl sites for hydroxylation is 1. The van der Waals surface area contributed by atoms with Crippen LogP contribution in [0.15, 0.2) is 41.3 Å². The van der Waals surface area contributed by atoms with Crippen LogP contribution in [-0.2, 0) is 21.2 Å². The number of ether oxygens (including phenoxy) is 1. The standard InChI is InChI=1S/C16H17NO5S2/c1-3-12-6-9-15(23-12)14(18)10-22-16(19)11-4-7-13(8-5-11)24(20,21)17-2/h4-9,17H,3,10H2,1-2H3. The maximum atomic E-state index is 12.0. The van der Waals surface area contributed by atoms with Gasteiger partial charge in [0.15, 0.2) is 6.61 Å². The molecule has 0 fully saturated rings. The molecule has 2 aromatic rings. The first kappa shape index (κ1) is 18.3. The van der Waals surface area contributed by atoms with Crippen LogP contribution in [0.5, 0.6) is 0 Å². The Bertz CT molecular complexity index is 838. The second-order valence-corrected chi connectivity index (χ2v) is 7.91. The van der Waals surface area contributed by atoms with Crippen LogP contribution >= 0.6 is 11.3 Å². The van der Waals surface area contributed by atoms with E-state index in [0.717, 1.165) is 11.3 Å². The average molecular weight is 367 g/mol. The summed E-state index contributed by atoms with van der Waals surface area (Å²) in [7, 11) is -2.25. The summed E-state index contributed by atoms with van der Waals surface area (Å²) in [6, 6.07) is 8.89. The predicted octanol–water partition coefficient (Wildman–Crippen LogP) is 2.26. The van der Waals surface area contributed by atoms with Gasteiger partial charge in [0.25, 0.3) is 0 Å². The number of carbonyl (C=O) groups excluding carboxylic acids is 2. The predicted molar refractivity (Wildman–Crippen MR) is 91.0 cm³/mol. The van der Waals surface area contributed by atoms with E-state index < -0.39 is 16.0 Å². The Labute approximate surface area is 144 Å². The van der Waals surface area contributed by atoms with Gasteiger partial charge in [0.1, 0.15) is 0 Å². The molecule has 0 atom stereocenters. The van der Waals surface area contributed by atoms with Crippen molar-refractivity contribution in [3.05, 3.63) is 51.7 Å². The van der Waals surface area contributed by atoms with Gasteiger partial charge in [0.2, 0.25) is 15.8 Å². The molecule has 0 bridgehead atoms. The van der Waals surface area contributed by atoms with E-state index in [-0.39, 0.29) is 22.8 Å². The van der Waals surface area contributed by atoms with E-state index in [9.17, 15) is 18.0 Å². The fourth-order valence-electron chi connectivity index (χ4n) is 1.89. The molecule has 1 N–H and O–H groups in total. The Kier molecular flexibility index (Phi) is 5.87. The van der Waals surface area contributed by atoms with Gasteiger partial charge in [-0.3, -0.25) is 4.79 Å². The Hall–Kier alpha value is -2.03. The first-order valence-corrected chi connectivity index (χ1v) is 9.50. The summed E-state index contributed by atoms with van der Waals surface area (Å²) < 4.78 is 30.4. The molecule has 0 unspecified atom stereocenters. The first-order valence-electron chi connectivity index (χ1n) is 7.20. The summed E-state index contributed by atoms with van der Waals surface area (Å²) in [4.78, 5) is 25.6. The Morgan fingerprint density at radius 1 is 1.12 bits per heavy atom. The zero-order valence-electron chi connectivity index (χ0n) is 13.2. The van der Waals surface area contributed by atoms with Gasteiger partial charge in [0, 0.05) is 4.88 Å². The molecule has 6 nitrogen and oxygen atoms in total. The molecule has 24 heavy (non-hydrogen) atoms. The van der Waals surface area contributed by atoms with Gasteiger partial charge in [-0.15, -0.1) is 11.3 Å². The third-order valence-electron chi connectivity index (χ3n) is 3.29. The molecule has 0 amide bonds. The molecule has 2 rings (SSSR count). The Morgan fingerprint density at radius 2 is 1.79 bits per heavy atom. The van der Waals surface area contributed by atoms with Crippen LogP contribution in [0.25, 0.3) is 0 Å². The van der Waals surface area contributed by atoms with Gasteiger partial charge in [-0.05, 0) is 49.9 Å². The number of nitrogens with one attached hydrogen (secondary N) is 1. The normalized spacial score (nSPS) is 11.2. The molecule has 0 radical (unpaired) electrons. The second-order valence-electron chi connectivity index (χ2n) is 4.85. The van der Waals surface area contributed by atoms with E-state index in [1.165, 1.54) is 42.6 Å². The van der Waals surface area contributed by atoms with E-state index >= 15 is 0 Å². The van der Waals surface area contributed by atoms with Crippen LogP contribution in [0.1, 0.15) is 31.8 Å². The lowest BCUT2D eigenvalue weighted by atomic mass is 10.2. The van der Waals surface area contributed by atoms with Gasteiger partial charge in [0.05, 0.1) is 15.3 Å². The first-order chi connectivity index (χ1) is 11.4. The number of hydrogen-bond acceptors (Lipinski definition) is 6. The van der Waals surface area contributed by atoms with Crippen LogP contribution in [0.2, 0.25) is 0 Å². The molecule has 0 aliphatic carbocycles. The lowest BCUT2D eigenvalue weighted by Gasteiger charge is -2.05. The van der Waals surface area contributed by atoms with Gasteiger partial charge < -0.3 is 4.74 Å². The molecule has 0 aliphatic rings. The van der Waals surface area contributed by atoms with Crippen LogP contribution in [0.4, 0.5) is 0 Å². The van der Waals surface area contributed by atoms with Crippen molar-refractivity contribution in [1.29, 1.82) is 0 Å². The monoisotopic (exact) mass is 367 g/mol. The van der Waals surface area contributed by atoms with E-state index in [4.69, 9.17) is 4.74 Å². The number of esters is 1. The maximum Gasteiger partial charge on any atom is 0.338 e. The fraction of sp³-hybridized carbons (Fsp3) is 0.250. The number of ketones is 1. The van der Waals surface area contributed by atoms with E-state index in [0.29, 0.717) is 4.88 Å². The third-order valence-corrected chi connectivity index (χ3v) is 5.99. The summed E-state index contributed by atoms with van der Waals surface area (Å²) in [6.07, 6.45) is 0.847. The summed E-state index contributed by atoms with van der Waals surface area (Å²) in [5.74, 6) is -0.938. The van der Waals surface area contributed by atoms with Crippen molar-refractivity contribution in [3.63, 3.8) is 0 Å². The second kappa shape index (κ2) is 7.69. The van der Waals surface area contributed by atoms with Crippen molar-refractivity contribution in [1.82, 2.24) is 4.72 Å². The topological polar surface area (TPSA) is 89.5 Å². The van der Waals surface area contributed by atoms with E-state index in [1.54, 1.807) is 6.07 Å². The smallest absolute Gasteiger partial charge is 0.338 e. The lowest BCUT2D eigenvalue weighted by Crippen LogP contribution is -2.18. The highest BCUT2D eigenvalue weighted by Gasteiger charge is 2.15. The minimum Gasteiger partial charge on any atom is -0.454 e. The third kappa shape index (κ3) is 4.28. The summed E-state index contributed by atoms with van der Waals surface area (Å²) >= 11 is 1.38. The lowest BCUT2D eigenvalue weighted by molar-refractivity contribution is 0.0475. The average Bonchev–Trinajstić information content (AvgIpc) is 3.08. The Morgan fingerprint density at radius 3 is 2.33 bits per heavy atom. The summed E-state index contributed by atoms with van der Waals surface area (Å²) in [5.41, 5.74) is 0.179.